The van der Waals surface area contributed by atoms with Crippen molar-refractivity contribution in [3.63, 3.8) is 0 Å². The lowest BCUT2D eigenvalue weighted by Gasteiger charge is -2.10. The molecule has 0 unspecified atom stereocenters. The van der Waals surface area contributed by atoms with Crippen molar-refractivity contribution in [1.82, 2.24) is 10.6 Å². The van der Waals surface area contributed by atoms with Crippen LogP contribution < -0.4 is 16.0 Å². The van der Waals surface area contributed by atoms with Gasteiger partial charge in [0.15, 0.2) is 0 Å². The van der Waals surface area contributed by atoms with Crippen LogP contribution in [0.4, 0.5) is 5.69 Å². The first kappa shape index (κ1) is 17.5. The fraction of sp³-hybridized carbons (Fsp3) is 0.467. The third kappa shape index (κ3) is 6.14. The first-order chi connectivity index (χ1) is 9.93. The van der Waals surface area contributed by atoms with Gasteiger partial charge < -0.3 is 16.0 Å². The van der Waals surface area contributed by atoms with Gasteiger partial charge in [-0.3, -0.25) is 9.59 Å². The second-order valence-electron chi connectivity index (χ2n) is 5.03. The Morgan fingerprint density at radius 3 is 2.62 bits per heavy atom. The Morgan fingerprint density at radius 2 is 2.00 bits per heavy atom. The van der Waals surface area contributed by atoms with Crippen LogP contribution in [-0.2, 0) is 4.79 Å². The molecule has 116 valence electrons. The van der Waals surface area contributed by atoms with E-state index in [0.717, 1.165) is 13.0 Å². The minimum Gasteiger partial charge on any atom is -0.355 e. The second-order valence-corrected chi connectivity index (χ2v) is 5.44. The molecule has 1 rings (SSSR count). The maximum absolute atomic E-state index is 11.9. The van der Waals surface area contributed by atoms with E-state index in [-0.39, 0.29) is 11.8 Å². The van der Waals surface area contributed by atoms with Crippen LogP contribution in [0.2, 0.25) is 5.02 Å². The van der Waals surface area contributed by atoms with Gasteiger partial charge in [0.25, 0.3) is 5.91 Å². The van der Waals surface area contributed by atoms with Crippen LogP contribution in [0.15, 0.2) is 18.2 Å². The van der Waals surface area contributed by atoms with Gasteiger partial charge in [0.2, 0.25) is 5.91 Å². The highest BCUT2D eigenvalue weighted by atomic mass is 35.5. The highest BCUT2D eigenvalue weighted by Gasteiger charge is 2.10. The van der Waals surface area contributed by atoms with Crippen LogP contribution >= 0.6 is 11.6 Å². The molecule has 0 saturated heterocycles. The first-order valence-corrected chi connectivity index (χ1v) is 7.36. The fourth-order valence-electron chi connectivity index (χ4n) is 1.76. The lowest BCUT2D eigenvalue weighted by molar-refractivity contribution is -0.116. The molecule has 2 amide bonds. The van der Waals surface area contributed by atoms with E-state index in [1.807, 2.05) is 0 Å². The first-order valence-electron chi connectivity index (χ1n) is 6.99. The smallest absolute Gasteiger partial charge is 0.251 e. The monoisotopic (exact) mass is 311 g/mol. The Morgan fingerprint density at radius 1 is 1.29 bits per heavy atom. The van der Waals surface area contributed by atoms with Crippen LogP contribution in [-0.4, -0.2) is 31.4 Å². The minimum atomic E-state index is -0.219. The van der Waals surface area contributed by atoms with Crippen LogP contribution in [0.3, 0.4) is 0 Å². The van der Waals surface area contributed by atoms with E-state index < -0.39 is 0 Å². The highest BCUT2D eigenvalue weighted by Crippen LogP contribution is 2.23. The van der Waals surface area contributed by atoms with Gasteiger partial charge in [-0.15, -0.1) is 0 Å². The molecule has 21 heavy (non-hydrogen) atoms. The maximum atomic E-state index is 11.9. The van der Waals surface area contributed by atoms with Crippen molar-refractivity contribution in [3.8, 4) is 0 Å². The summed E-state index contributed by atoms with van der Waals surface area (Å²) in [5.74, 6) is -0.334. The molecule has 0 atom stereocenters. The summed E-state index contributed by atoms with van der Waals surface area (Å²) in [6.45, 7) is 4.91. The van der Waals surface area contributed by atoms with Gasteiger partial charge in [-0.2, -0.15) is 0 Å². The second kappa shape index (κ2) is 8.64. The Balaban J connectivity index is 2.57. The normalized spacial score (nSPS) is 10.5. The molecule has 0 aliphatic rings. The van der Waals surface area contributed by atoms with Gasteiger partial charge >= 0.3 is 0 Å². The molecule has 0 saturated carbocycles. The van der Waals surface area contributed by atoms with Crippen molar-refractivity contribution in [2.24, 2.45) is 0 Å². The molecule has 0 aliphatic heterocycles. The maximum Gasteiger partial charge on any atom is 0.251 e. The van der Waals surface area contributed by atoms with Crippen LogP contribution in [0, 0.1) is 0 Å². The Kier molecular flexibility index (Phi) is 7.19. The van der Waals surface area contributed by atoms with Gasteiger partial charge in [0.05, 0.1) is 10.7 Å². The molecule has 0 spiro atoms. The summed E-state index contributed by atoms with van der Waals surface area (Å²) >= 11 is 6.03. The standard InChI is InChI=1S/C15H22ClN3O2/c1-10(2)18-8-4-5-14(20)19-13-9-11(15(21)17-3)6-7-12(13)16/h6-7,9-10,18H,4-5,8H2,1-3H3,(H,17,21)(H,19,20). The number of halogens is 1. The highest BCUT2D eigenvalue weighted by molar-refractivity contribution is 6.33. The molecular weight excluding hydrogens is 290 g/mol. The summed E-state index contributed by atoms with van der Waals surface area (Å²) in [7, 11) is 1.55. The SMILES string of the molecule is CNC(=O)c1ccc(Cl)c(NC(=O)CCCNC(C)C)c1. The summed E-state index contributed by atoms with van der Waals surface area (Å²) in [4.78, 5) is 23.4. The number of hydrogen-bond donors (Lipinski definition) is 3. The summed E-state index contributed by atoms with van der Waals surface area (Å²) in [5, 5.41) is 8.93. The molecule has 3 N–H and O–H groups in total. The van der Waals surface area contributed by atoms with Gasteiger partial charge in [0.1, 0.15) is 0 Å². The molecule has 0 fully saturated rings. The zero-order valence-electron chi connectivity index (χ0n) is 12.6. The zero-order chi connectivity index (χ0) is 15.8. The number of rotatable bonds is 7. The van der Waals surface area contributed by atoms with Crippen LogP contribution in [0.1, 0.15) is 37.0 Å². The number of anilines is 1. The number of hydrogen-bond acceptors (Lipinski definition) is 3. The number of benzene rings is 1. The topological polar surface area (TPSA) is 70.2 Å². The lowest BCUT2D eigenvalue weighted by atomic mass is 10.2. The summed E-state index contributed by atoms with van der Waals surface area (Å²) in [6.07, 6.45) is 1.15. The zero-order valence-corrected chi connectivity index (χ0v) is 13.4. The van der Waals surface area contributed by atoms with E-state index in [0.29, 0.717) is 28.7 Å². The molecule has 6 heteroatoms. The number of nitrogens with one attached hydrogen (secondary N) is 3. The molecule has 1 aromatic carbocycles. The van der Waals surface area contributed by atoms with Crippen molar-refractivity contribution in [2.45, 2.75) is 32.7 Å². The summed E-state index contributed by atoms with van der Waals surface area (Å²) in [5.41, 5.74) is 0.915. The van der Waals surface area contributed by atoms with Crippen molar-refractivity contribution in [3.05, 3.63) is 28.8 Å². The average molecular weight is 312 g/mol. The molecule has 1 aromatic rings. The predicted octanol–water partition coefficient (Wildman–Crippen LogP) is 2.42. The van der Waals surface area contributed by atoms with Crippen LogP contribution in [0.25, 0.3) is 0 Å². The average Bonchev–Trinajstić information content (AvgIpc) is 2.45. The third-order valence-electron chi connectivity index (χ3n) is 2.86. The van der Waals surface area contributed by atoms with Gasteiger partial charge in [-0.05, 0) is 31.2 Å². The lowest BCUT2D eigenvalue weighted by Crippen LogP contribution is -2.24. The molecule has 0 aromatic heterocycles. The van der Waals surface area contributed by atoms with E-state index in [2.05, 4.69) is 29.8 Å². The van der Waals surface area contributed by atoms with Gasteiger partial charge in [0, 0.05) is 25.1 Å². The summed E-state index contributed by atoms with van der Waals surface area (Å²) in [6, 6.07) is 5.20. The van der Waals surface area contributed by atoms with Crippen molar-refractivity contribution >= 4 is 29.1 Å². The van der Waals surface area contributed by atoms with Gasteiger partial charge in [-0.25, -0.2) is 0 Å². The number of carbonyl (C=O) groups is 2. The summed E-state index contributed by atoms with van der Waals surface area (Å²) < 4.78 is 0. The van der Waals surface area contributed by atoms with Gasteiger partial charge in [-0.1, -0.05) is 25.4 Å². The Bertz CT molecular complexity index is 504. The predicted molar refractivity (Wildman–Crippen MR) is 85.8 cm³/mol. The van der Waals surface area contributed by atoms with E-state index >= 15 is 0 Å². The fourth-order valence-corrected chi connectivity index (χ4v) is 1.92. The molecule has 0 heterocycles. The van der Waals surface area contributed by atoms with Crippen molar-refractivity contribution in [1.29, 1.82) is 0 Å². The third-order valence-corrected chi connectivity index (χ3v) is 3.19. The van der Waals surface area contributed by atoms with E-state index in [1.165, 1.54) is 0 Å². The van der Waals surface area contributed by atoms with E-state index in [1.54, 1.807) is 25.2 Å². The van der Waals surface area contributed by atoms with Crippen molar-refractivity contribution < 1.29 is 9.59 Å². The molecule has 0 aliphatic carbocycles. The molecular formula is C15H22ClN3O2. The molecule has 0 bridgehead atoms. The quantitative estimate of drug-likeness (QED) is 0.677. The van der Waals surface area contributed by atoms with E-state index in [4.69, 9.17) is 11.6 Å². The van der Waals surface area contributed by atoms with E-state index in [9.17, 15) is 9.59 Å². The Hall–Kier alpha value is -1.59. The van der Waals surface area contributed by atoms with Crippen LogP contribution in [0.5, 0.6) is 0 Å². The minimum absolute atomic E-state index is 0.114. The molecule has 0 radical (unpaired) electrons. The number of carbonyl (C=O) groups excluding carboxylic acids is 2. The largest absolute Gasteiger partial charge is 0.355 e. The number of amides is 2. The molecule has 5 nitrogen and oxygen atoms in total. The van der Waals surface area contributed by atoms with Crippen molar-refractivity contribution in [2.75, 3.05) is 18.9 Å². The Labute approximate surface area is 130 Å².